The van der Waals surface area contributed by atoms with E-state index in [9.17, 15) is 5.11 Å². The number of nitrogens with zero attached hydrogens (tertiary/aromatic N) is 3. The van der Waals surface area contributed by atoms with Gasteiger partial charge >= 0.3 is 0 Å². The Hall–Kier alpha value is -2.35. The Morgan fingerprint density at radius 1 is 1.21 bits per heavy atom. The van der Waals surface area contributed by atoms with Crippen molar-refractivity contribution in [1.29, 1.82) is 0 Å². The van der Waals surface area contributed by atoms with Gasteiger partial charge in [-0.1, -0.05) is 35.9 Å². The minimum absolute atomic E-state index is 0.368. The largest absolute Gasteiger partial charge is 0.386 e. The number of aliphatic imine (C=N–C) groups is 1. The van der Waals surface area contributed by atoms with E-state index >= 15 is 0 Å². The quantitative estimate of drug-likeness (QED) is 0.387. The van der Waals surface area contributed by atoms with Crippen molar-refractivity contribution in [2.24, 2.45) is 4.99 Å². The Balaban J connectivity index is 1.54. The molecule has 2 heterocycles. The van der Waals surface area contributed by atoms with Gasteiger partial charge in [-0.15, -0.1) is 11.3 Å². The lowest BCUT2D eigenvalue weighted by molar-refractivity contribution is 0.184. The maximum absolute atomic E-state index is 10.3. The van der Waals surface area contributed by atoms with Crippen molar-refractivity contribution in [3.63, 3.8) is 0 Å². The van der Waals surface area contributed by atoms with E-state index in [0.717, 1.165) is 23.5 Å². The first-order valence-corrected chi connectivity index (χ1v) is 10.3. The summed E-state index contributed by atoms with van der Waals surface area (Å²) in [5.74, 6) is 0.673. The molecule has 1 unspecified atom stereocenters. The van der Waals surface area contributed by atoms with Crippen molar-refractivity contribution in [3.8, 4) is 0 Å². The number of hydrogen-bond donors (Lipinski definition) is 3. The molecule has 28 heavy (non-hydrogen) atoms. The number of aliphatic hydroxyl groups excluding tert-OH is 1. The Morgan fingerprint density at radius 2 is 2.00 bits per heavy atom. The number of halogens is 1. The van der Waals surface area contributed by atoms with E-state index in [-0.39, 0.29) is 0 Å². The topological polar surface area (TPSA) is 74.5 Å². The Labute approximate surface area is 173 Å². The second kappa shape index (κ2) is 10.3. The number of thiophene rings is 1. The van der Waals surface area contributed by atoms with Gasteiger partial charge in [0, 0.05) is 36.9 Å². The third-order valence-corrected chi connectivity index (χ3v) is 5.43. The summed E-state index contributed by atoms with van der Waals surface area (Å²) >= 11 is 7.31. The number of guanidine groups is 1. The monoisotopic (exact) mass is 417 g/mol. The summed E-state index contributed by atoms with van der Waals surface area (Å²) in [6.07, 6.45) is 4.92. The molecular weight excluding hydrogens is 394 g/mol. The summed E-state index contributed by atoms with van der Waals surface area (Å²) in [4.78, 5) is 9.50. The van der Waals surface area contributed by atoms with Crippen LogP contribution in [0.1, 0.15) is 29.0 Å². The highest BCUT2D eigenvalue weighted by Gasteiger charge is 2.11. The molecule has 3 aromatic rings. The maximum atomic E-state index is 10.3. The lowest BCUT2D eigenvalue weighted by Crippen LogP contribution is -2.39. The molecule has 0 aliphatic rings. The van der Waals surface area contributed by atoms with E-state index in [1.807, 2.05) is 30.1 Å². The number of benzene rings is 1. The number of rotatable bonds is 8. The van der Waals surface area contributed by atoms with Crippen molar-refractivity contribution in [2.45, 2.75) is 26.1 Å². The second-order valence-corrected chi connectivity index (χ2v) is 8.03. The lowest BCUT2D eigenvalue weighted by atomic mass is 10.1. The summed E-state index contributed by atoms with van der Waals surface area (Å²) in [5.41, 5.74) is 2.34. The van der Waals surface area contributed by atoms with Crippen molar-refractivity contribution in [2.75, 3.05) is 13.1 Å². The van der Waals surface area contributed by atoms with Gasteiger partial charge in [0.05, 0.1) is 17.2 Å². The summed E-state index contributed by atoms with van der Waals surface area (Å²) in [6, 6.07) is 12.0. The Bertz CT molecular complexity index is 876. The highest BCUT2D eigenvalue weighted by atomic mass is 35.5. The molecule has 0 spiro atoms. The van der Waals surface area contributed by atoms with Gasteiger partial charge in [0.25, 0.3) is 0 Å². The summed E-state index contributed by atoms with van der Waals surface area (Å²) in [5, 5.41) is 16.7. The molecule has 0 fully saturated rings. The van der Waals surface area contributed by atoms with Crippen LogP contribution in [0.4, 0.5) is 0 Å². The highest BCUT2D eigenvalue weighted by molar-refractivity contribution is 7.16. The van der Waals surface area contributed by atoms with Crippen LogP contribution in [0.25, 0.3) is 0 Å². The van der Waals surface area contributed by atoms with Crippen molar-refractivity contribution < 1.29 is 5.11 Å². The molecule has 2 aromatic heterocycles. The molecule has 0 aliphatic heterocycles. The van der Waals surface area contributed by atoms with Crippen LogP contribution in [-0.4, -0.2) is 33.7 Å². The molecule has 8 heteroatoms. The zero-order valence-corrected chi connectivity index (χ0v) is 17.2. The van der Waals surface area contributed by atoms with Gasteiger partial charge in [-0.25, -0.2) is 9.98 Å². The van der Waals surface area contributed by atoms with Gasteiger partial charge in [0.2, 0.25) is 0 Å². The van der Waals surface area contributed by atoms with Crippen LogP contribution in [0.15, 0.2) is 60.1 Å². The average molecular weight is 418 g/mol. The Kier molecular flexibility index (Phi) is 7.47. The summed E-state index contributed by atoms with van der Waals surface area (Å²) < 4.78 is 2.71. The number of nitrogens with one attached hydrogen (secondary N) is 2. The summed E-state index contributed by atoms with van der Waals surface area (Å²) in [6.45, 7) is 4.49. The van der Waals surface area contributed by atoms with Crippen LogP contribution < -0.4 is 10.6 Å². The summed E-state index contributed by atoms with van der Waals surface area (Å²) in [7, 11) is 0. The predicted octanol–water partition coefficient (Wildman–Crippen LogP) is 3.44. The third kappa shape index (κ3) is 6.09. The van der Waals surface area contributed by atoms with Crippen LogP contribution in [0.5, 0.6) is 0 Å². The van der Waals surface area contributed by atoms with Gasteiger partial charge in [-0.05, 0) is 30.2 Å². The van der Waals surface area contributed by atoms with Crippen LogP contribution >= 0.6 is 22.9 Å². The maximum Gasteiger partial charge on any atom is 0.191 e. The molecule has 0 aliphatic carbocycles. The molecule has 1 aromatic carbocycles. The molecule has 0 saturated carbocycles. The standard InChI is InChI=1S/C20H24ClN5OS/c1-2-23-20(25-12-17(27)18-7-8-19(21)28-18)24-11-15-3-5-16(6-4-15)13-26-10-9-22-14-26/h3-10,14,17,27H,2,11-13H2,1H3,(H2,23,24,25). The van der Waals surface area contributed by atoms with Gasteiger partial charge in [0.15, 0.2) is 5.96 Å². The first-order chi connectivity index (χ1) is 13.6. The van der Waals surface area contributed by atoms with Gasteiger partial charge < -0.3 is 20.3 Å². The number of imidazole rings is 1. The molecule has 3 N–H and O–H groups in total. The second-order valence-electron chi connectivity index (χ2n) is 6.29. The van der Waals surface area contributed by atoms with Gasteiger partial charge in [0.1, 0.15) is 6.10 Å². The minimum atomic E-state index is -0.621. The highest BCUT2D eigenvalue weighted by Crippen LogP contribution is 2.26. The third-order valence-electron chi connectivity index (χ3n) is 4.10. The normalized spacial score (nSPS) is 12.8. The smallest absolute Gasteiger partial charge is 0.191 e. The van der Waals surface area contributed by atoms with Gasteiger partial charge in [-0.3, -0.25) is 0 Å². The number of hydrogen-bond acceptors (Lipinski definition) is 4. The molecule has 0 amide bonds. The van der Waals surface area contributed by atoms with Crippen LogP contribution in [0.3, 0.4) is 0 Å². The van der Waals surface area contributed by atoms with E-state index in [2.05, 4.69) is 44.9 Å². The van der Waals surface area contributed by atoms with Crippen molar-refractivity contribution in [1.82, 2.24) is 20.2 Å². The molecule has 0 bridgehead atoms. The lowest BCUT2D eigenvalue weighted by Gasteiger charge is -2.14. The fourth-order valence-electron chi connectivity index (χ4n) is 2.65. The first-order valence-electron chi connectivity index (χ1n) is 9.13. The molecule has 148 valence electrons. The molecular formula is C20H24ClN5OS. The van der Waals surface area contributed by atoms with E-state index in [0.29, 0.717) is 23.4 Å². The number of aromatic nitrogens is 2. The fourth-order valence-corrected chi connectivity index (χ4v) is 3.70. The van der Waals surface area contributed by atoms with Crippen LogP contribution in [-0.2, 0) is 13.1 Å². The van der Waals surface area contributed by atoms with Crippen molar-refractivity contribution >= 4 is 28.9 Å². The molecule has 1 atom stereocenters. The van der Waals surface area contributed by atoms with E-state index in [4.69, 9.17) is 11.6 Å². The molecule has 0 saturated heterocycles. The van der Waals surface area contributed by atoms with E-state index < -0.39 is 6.10 Å². The molecule has 6 nitrogen and oxygen atoms in total. The minimum Gasteiger partial charge on any atom is -0.386 e. The van der Waals surface area contributed by atoms with Crippen molar-refractivity contribution in [3.05, 3.63) is 75.5 Å². The zero-order chi connectivity index (χ0) is 19.8. The molecule has 3 rings (SSSR count). The number of aliphatic hydroxyl groups is 1. The first kappa shape index (κ1) is 20.4. The Morgan fingerprint density at radius 3 is 2.64 bits per heavy atom. The van der Waals surface area contributed by atoms with Crippen LogP contribution in [0, 0.1) is 0 Å². The zero-order valence-electron chi connectivity index (χ0n) is 15.7. The SMILES string of the molecule is CCNC(=NCc1ccc(Cn2ccnc2)cc1)NCC(O)c1ccc(Cl)s1. The van der Waals surface area contributed by atoms with Crippen LogP contribution in [0.2, 0.25) is 4.34 Å². The van der Waals surface area contributed by atoms with Gasteiger partial charge in [-0.2, -0.15) is 0 Å². The molecule has 0 radical (unpaired) electrons. The predicted molar refractivity (Wildman–Crippen MR) is 115 cm³/mol. The fraction of sp³-hybridized carbons (Fsp3) is 0.300. The average Bonchev–Trinajstić information content (AvgIpc) is 3.36. The van der Waals surface area contributed by atoms with E-state index in [1.165, 1.54) is 16.9 Å². The van der Waals surface area contributed by atoms with E-state index in [1.54, 1.807) is 12.3 Å².